The molecule has 0 aliphatic heterocycles. The van der Waals surface area contributed by atoms with E-state index in [-0.39, 0.29) is 0 Å². The minimum Gasteiger partial charge on any atom is -0.245 e. The van der Waals surface area contributed by atoms with Gasteiger partial charge in [0.15, 0.2) is 0 Å². The highest BCUT2D eigenvalue weighted by atomic mass is 32.1. The van der Waals surface area contributed by atoms with Crippen LogP contribution in [0.5, 0.6) is 0 Å². The molecule has 0 bridgehead atoms. The minimum absolute atomic E-state index is 0.994. The van der Waals surface area contributed by atoms with Gasteiger partial charge in [-0.3, -0.25) is 0 Å². The van der Waals surface area contributed by atoms with Crippen molar-refractivity contribution in [2.75, 3.05) is 0 Å². The lowest BCUT2D eigenvalue weighted by Gasteiger charge is -1.73. The van der Waals surface area contributed by atoms with Gasteiger partial charge in [0.25, 0.3) is 0 Å². The summed E-state index contributed by atoms with van der Waals surface area (Å²) < 4.78 is 1.17. The molecule has 0 N–H and O–H groups in total. The van der Waals surface area contributed by atoms with Gasteiger partial charge in [0.2, 0.25) is 0 Å². The van der Waals surface area contributed by atoms with Crippen LogP contribution in [0.3, 0.4) is 0 Å². The normalized spacial score (nSPS) is 14.4. The first-order chi connectivity index (χ1) is 5.88. The van der Waals surface area contributed by atoms with Gasteiger partial charge in [0.1, 0.15) is 0 Å². The van der Waals surface area contributed by atoms with Crippen LogP contribution in [0.1, 0.15) is 6.92 Å². The Labute approximate surface area is 76.1 Å². The van der Waals surface area contributed by atoms with E-state index in [0.29, 0.717) is 0 Å². The fourth-order valence-electron chi connectivity index (χ4n) is 0.809. The zero-order valence-electron chi connectivity index (χ0n) is 7.03. The second-order valence-corrected chi connectivity index (χ2v) is 3.08. The SMILES string of the molecule is C=C/C=c1/ncs/c1=C/C=C\C. The van der Waals surface area contributed by atoms with Crippen molar-refractivity contribution in [1.82, 2.24) is 4.98 Å². The summed E-state index contributed by atoms with van der Waals surface area (Å²) in [5.74, 6) is 0. The molecule has 0 amide bonds. The molecule has 1 nitrogen and oxygen atoms in total. The molecular weight excluding hydrogens is 166 g/mol. The molecule has 0 radical (unpaired) electrons. The van der Waals surface area contributed by atoms with Crippen LogP contribution in [-0.4, -0.2) is 4.98 Å². The van der Waals surface area contributed by atoms with Crippen LogP contribution >= 0.6 is 11.3 Å². The second-order valence-electron chi connectivity index (χ2n) is 2.20. The van der Waals surface area contributed by atoms with E-state index < -0.39 is 0 Å². The highest BCUT2D eigenvalue weighted by Crippen LogP contribution is 1.79. The molecule has 12 heavy (non-hydrogen) atoms. The Kier molecular flexibility index (Phi) is 3.48. The number of nitrogens with zero attached hydrogens (tertiary/aromatic N) is 1. The Morgan fingerprint density at radius 1 is 1.50 bits per heavy atom. The van der Waals surface area contributed by atoms with Crippen LogP contribution in [0.2, 0.25) is 0 Å². The smallest absolute Gasteiger partial charge is 0.0811 e. The molecule has 0 saturated carbocycles. The van der Waals surface area contributed by atoms with Crippen molar-refractivity contribution in [1.29, 1.82) is 0 Å². The molecule has 1 aromatic heterocycles. The third kappa shape index (κ3) is 2.17. The molecule has 0 aromatic carbocycles. The first kappa shape index (κ1) is 8.94. The summed E-state index contributed by atoms with van der Waals surface area (Å²) in [6, 6.07) is 0. The van der Waals surface area contributed by atoms with Crippen molar-refractivity contribution in [2.24, 2.45) is 0 Å². The molecule has 0 aliphatic rings. The van der Waals surface area contributed by atoms with Gasteiger partial charge in [-0.2, -0.15) is 0 Å². The Balaban J connectivity index is 3.24. The van der Waals surface area contributed by atoms with Crippen molar-refractivity contribution in [2.45, 2.75) is 6.92 Å². The summed E-state index contributed by atoms with van der Waals surface area (Å²) in [5, 5.41) is 0.994. The standard InChI is InChI=1S/C10H11NS/c1-3-5-7-10-9(6-4-2)11-8-12-10/h3-8H,2H2,1H3/b5-3-,9-6+,10-7+. The molecule has 1 aromatic rings. The fraction of sp³-hybridized carbons (Fsp3) is 0.100. The number of hydrogen-bond acceptors (Lipinski definition) is 2. The maximum Gasteiger partial charge on any atom is 0.0811 e. The van der Waals surface area contributed by atoms with E-state index in [2.05, 4.69) is 11.6 Å². The van der Waals surface area contributed by atoms with E-state index in [9.17, 15) is 0 Å². The van der Waals surface area contributed by atoms with Crippen molar-refractivity contribution in [3.8, 4) is 0 Å². The van der Waals surface area contributed by atoms with Crippen molar-refractivity contribution < 1.29 is 0 Å². The maximum absolute atomic E-state index is 4.19. The largest absolute Gasteiger partial charge is 0.245 e. The van der Waals surface area contributed by atoms with E-state index in [1.165, 1.54) is 4.53 Å². The van der Waals surface area contributed by atoms with Gasteiger partial charge < -0.3 is 0 Å². The number of aromatic nitrogens is 1. The van der Waals surface area contributed by atoms with E-state index in [1.54, 1.807) is 17.4 Å². The lowest BCUT2D eigenvalue weighted by atomic mass is 10.4. The molecule has 0 atom stereocenters. The molecular formula is C10H11NS. The molecule has 0 spiro atoms. The van der Waals surface area contributed by atoms with Gasteiger partial charge in [-0.15, -0.1) is 11.3 Å². The lowest BCUT2D eigenvalue weighted by Crippen LogP contribution is -2.19. The van der Waals surface area contributed by atoms with E-state index >= 15 is 0 Å². The van der Waals surface area contributed by atoms with Gasteiger partial charge in [-0.25, -0.2) is 4.98 Å². The average molecular weight is 177 g/mol. The summed E-state index contributed by atoms with van der Waals surface area (Å²) in [7, 11) is 0. The molecule has 0 fully saturated rings. The van der Waals surface area contributed by atoms with Gasteiger partial charge >= 0.3 is 0 Å². The Bertz CT molecular complexity index is 384. The summed E-state index contributed by atoms with van der Waals surface area (Å²) in [6.45, 7) is 5.63. The summed E-state index contributed by atoms with van der Waals surface area (Å²) in [5.41, 5.74) is 1.84. The monoisotopic (exact) mass is 177 g/mol. The van der Waals surface area contributed by atoms with Crippen molar-refractivity contribution in [3.63, 3.8) is 0 Å². The average Bonchev–Trinajstić information content (AvgIpc) is 2.50. The third-order valence-electron chi connectivity index (χ3n) is 1.34. The predicted octanol–water partition coefficient (Wildman–Crippen LogP) is 1.47. The van der Waals surface area contributed by atoms with E-state index in [4.69, 9.17) is 0 Å². The first-order valence-corrected chi connectivity index (χ1v) is 4.61. The summed E-state index contributed by atoms with van der Waals surface area (Å²) >= 11 is 1.63. The zero-order chi connectivity index (χ0) is 8.81. The van der Waals surface area contributed by atoms with Crippen molar-refractivity contribution in [3.05, 3.63) is 40.2 Å². The zero-order valence-corrected chi connectivity index (χ0v) is 7.84. The summed E-state index contributed by atoms with van der Waals surface area (Å²) in [4.78, 5) is 4.19. The topological polar surface area (TPSA) is 12.9 Å². The Hall–Kier alpha value is -1.15. The highest BCUT2D eigenvalue weighted by Gasteiger charge is 1.83. The van der Waals surface area contributed by atoms with Crippen LogP contribution in [0.25, 0.3) is 12.2 Å². The Morgan fingerprint density at radius 3 is 3.00 bits per heavy atom. The van der Waals surface area contributed by atoms with Crippen LogP contribution < -0.4 is 9.88 Å². The molecule has 0 unspecified atom stereocenters. The maximum atomic E-state index is 4.19. The van der Waals surface area contributed by atoms with Gasteiger partial charge in [0, 0.05) is 0 Å². The fourth-order valence-corrected chi connectivity index (χ4v) is 1.49. The number of rotatable bonds is 2. The van der Waals surface area contributed by atoms with Gasteiger partial charge in [0.05, 0.1) is 15.4 Å². The molecule has 1 rings (SSSR count). The molecule has 62 valence electrons. The second kappa shape index (κ2) is 4.67. The van der Waals surface area contributed by atoms with E-state index in [0.717, 1.165) is 5.35 Å². The first-order valence-electron chi connectivity index (χ1n) is 3.73. The molecule has 1 heterocycles. The number of thiazole rings is 1. The third-order valence-corrected chi connectivity index (χ3v) is 2.15. The van der Waals surface area contributed by atoms with Crippen LogP contribution in [0.15, 0.2) is 30.3 Å². The van der Waals surface area contributed by atoms with Crippen molar-refractivity contribution >= 4 is 23.5 Å². The lowest BCUT2D eigenvalue weighted by molar-refractivity contribution is 1.32. The summed E-state index contributed by atoms with van der Waals surface area (Å²) in [6.07, 6.45) is 9.71. The molecule has 0 saturated heterocycles. The van der Waals surface area contributed by atoms with Gasteiger partial charge in [-0.05, 0) is 19.1 Å². The predicted molar refractivity (Wildman–Crippen MR) is 55.3 cm³/mol. The van der Waals surface area contributed by atoms with Crippen LogP contribution in [-0.2, 0) is 0 Å². The number of hydrogen-bond donors (Lipinski definition) is 0. The highest BCUT2D eigenvalue weighted by molar-refractivity contribution is 7.07. The quantitative estimate of drug-likeness (QED) is 0.666. The molecule has 2 heteroatoms. The number of allylic oxidation sites excluding steroid dienone is 3. The minimum atomic E-state index is 0.994. The van der Waals surface area contributed by atoms with Gasteiger partial charge in [-0.1, -0.05) is 24.8 Å². The van der Waals surface area contributed by atoms with Crippen LogP contribution in [0, 0.1) is 0 Å². The molecule has 0 aliphatic carbocycles. The Morgan fingerprint density at radius 2 is 2.33 bits per heavy atom. The van der Waals surface area contributed by atoms with Crippen LogP contribution in [0.4, 0.5) is 0 Å². The van der Waals surface area contributed by atoms with E-state index in [1.807, 2.05) is 36.7 Å².